The van der Waals surface area contributed by atoms with Gasteiger partial charge in [-0.25, -0.2) is 0 Å². The maximum Gasteiger partial charge on any atom is 0.185 e. The van der Waals surface area contributed by atoms with Gasteiger partial charge in [0, 0.05) is 5.56 Å². The fraction of sp³-hybridized carbons (Fsp3) is 0.375. The van der Waals surface area contributed by atoms with Crippen LogP contribution >= 0.6 is 0 Å². The first-order valence-corrected chi connectivity index (χ1v) is 10.9. The summed E-state index contributed by atoms with van der Waals surface area (Å²) in [5.74, 6) is 0.512. The van der Waals surface area contributed by atoms with Crippen molar-refractivity contribution in [2.24, 2.45) is 5.92 Å². The third-order valence-corrected chi connectivity index (χ3v) is 7.43. The van der Waals surface area contributed by atoms with E-state index in [1.807, 2.05) is 36.4 Å². The van der Waals surface area contributed by atoms with Gasteiger partial charge in [0.05, 0.1) is 0 Å². The van der Waals surface area contributed by atoms with Crippen LogP contribution in [0.25, 0.3) is 6.08 Å². The molecule has 2 atom stereocenters. The molecule has 1 aliphatic carbocycles. The zero-order valence-corrected chi connectivity index (χ0v) is 17.8. The maximum absolute atomic E-state index is 12.7. The highest BCUT2D eigenvalue weighted by Gasteiger charge is 2.48. The predicted molar refractivity (Wildman–Crippen MR) is 114 cm³/mol. The molecule has 0 saturated heterocycles. The second-order valence-corrected chi connectivity index (χ2v) is 10.0. The van der Waals surface area contributed by atoms with Crippen molar-refractivity contribution in [3.63, 3.8) is 0 Å². The molecule has 2 unspecified atom stereocenters. The van der Waals surface area contributed by atoms with Crippen molar-refractivity contribution in [2.45, 2.75) is 50.3 Å². The molecule has 142 valence electrons. The minimum atomic E-state index is -0.988. The second-order valence-electron chi connectivity index (χ2n) is 8.65. The van der Waals surface area contributed by atoms with Crippen molar-refractivity contribution in [3.05, 3.63) is 70.8 Å². The van der Waals surface area contributed by atoms with Gasteiger partial charge in [-0.1, -0.05) is 52.8 Å². The van der Waals surface area contributed by atoms with E-state index in [1.165, 1.54) is 11.1 Å². The molecule has 1 aliphatic rings. The molecule has 0 saturated carbocycles. The molecule has 0 aliphatic heterocycles. The van der Waals surface area contributed by atoms with Gasteiger partial charge in [-0.05, 0) is 81.0 Å². The smallest absolute Gasteiger partial charge is 0.185 e. The average molecular weight is 381 g/mol. The lowest BCUT2D eigenvalue weighted by Crippen LogP contribution is -2.30. The van der Waals surface area contributed by atoms with E-state index in [0.717, 1.165) is 16.0 Å². The molecule has 2 aromatic rings. The molecule has 0 N–H and O–H groups in total. The Hall–Kier alpha value is -1.84. The Balaban J connectivity index is 1.86. The molecule has 0 radical (unpaired) electrons. The Morgan fingerprint density at radius 3 is 2.19 bits per heavy atom. The molecule has 0 fully saturated rings. The molecule has 0 heterocycles. The van der Waals surface area contributed by atoms with E-state index in [0.29, 0.717) is 5.92 Å². The van der Waals surface area contributed by atoms with Crippen molar-refractivity contribution in [2.75, 3.05) is 6.26 Å². The van der Waals surface area contributed by atoms with Gasteiger partial charge in [0.2, 0.25) is 0 Å². The molecule has 0 aromatic heterocycles. The Bertz CT molecular complexity index is 889. The summed E-state index contributed by atoms with van der Waals surface area (Å²) < 4.78 is 11.5. The first kappa shape index (κ1) is 19.9. The van der Waals surface area contributed by atoms with Gasteiger partial charge < -0.3 is 4.55 Å². The van der Waals surface area contributed by atoms with Crippen molar-refractivity contribution in [3.8, 4) is 0 Å². The zero-order valence-electron chi connectivity index (χ0n) is 17.0. The molecule has 0 bridgehead atoms. The quantitative estimate of drug-likeness (QED) is 0.398. The Kier molecular flexibility index (Phi) is 5.13. The lowest BCUT2D eigenvalue weighted by atomic mass is 9.71. The molecular weight excluding hydrogens is 352 g/mol. The van der Waals surface area contributed by atoms with E-state index >= 15 is 0 Å². The van der Waals surface area contributed by atoms with Crippen LogP contribution in [0.5, 0.6) is 0 Å². The predicted octanol–water partition coefficient (Wildman–Crippen LogP) is 5.53. The molecule has 3 heteroatoms. The third-order valence-electron chi connectivity index (χ3n) is 6.50. The van der Waals surface area contributed by atoms with Gasteiger partial charge in [0.1, 0.15) is 6.26 Å². The standard InChI is InChI=1S/C24H28O2S/c1-16-23(2,3)20-13-10-18(15-21(20)24(16,4)5)22(25)14-9-17-7-11-19(12-8-17)27(6)26/h7-16H,1-6H3/b14-9+. The molecule has 27 heavy (non-hydrogen) atoms. The van der Waals surface area contributed by atoms with Gasteiger partial charge in [0.15, 0.2) is 10.7 Å². The van der Waals surface area contributed by atoms with Crippen molar-refractivity contribution >= 4 is 23.0 Å². The summed E-state index contributed by atoms with van der Waals surface area (Å²) in [4.78, 5) is 13.5. The van der Waals surface area contributed by atoms with Gasteiger partial charge in [-0.3, -0.25) is 4.79 Å². The van der Waals surface area contributed by atoms with Gasteiger partial charge >= 0.3 is 0 Å². The minimum Gasteiger partial charge on any atom is -0.612 e. The maximum atomic E-state index is 12.7. The number of hydrogen-bond acceptors (Lipinski definition) is 2. The summed E-state index contributed by atoms with van der Waals surface area (Å²) >= 11 is -0.988. The summed E-state index contributed by atoms with van der Waals surface area (Å²) in [5, 5.41) is 0. The van der Waals surface area contributed by atoms with E-state index in [-0.39, 0.29) is 16.6 Å². The van der Waals surface area contributed by atoms with Crippen molar-refractivity contribution in [1.29, 1.82) is 0 Å². The molecule has 3 rings (SSSR count). The van der Waals surface area contributed by atoms with Crippen LogP contribution < -0.4 is 0 Å². The topological polar surface area (TPSA) is 40.1 Å². The SMILES string of the molecule is CC1C(C)(C)c2ccc(C(=O)/C=C/c3ccc([S+](C)[O-])cc3)cc2C1(C)C. The summed E-state index contributed by atoms with van der Waals surface area (Å²) in [7, 11) is 0. The van der Waals surface area contributed by atoms with E-state index in [2.05, 4.69) is 46.8 Å². The number of rotatable bonds is 4. The lowest BCUT2D eigenvalue weighted by Gasteiger charge is -2.32. The van der Waals surface area contributed by atoms with Crippen LogP contribution in [0.2, 0.25) is 0 Å². The highest BCUT2D eigenvalue weighted by Crippen LogP contribution is 2.53. The van der Waals surface area contributed by atoms with Crippen molar-refractivity contribution in [1.82, 2.24) is 0 Å². The van der Waals surface area contributed by atoms with Crippen LogP contribution in [0.15, 0.2) is 53.4 Å². The molecule has 0 amide bonds. The molecule has 2 aromatic carbocycles. The molecule has 0 spiro atoms. The Morgan fingerprint density at radius 1 is 1.00 bits per heavy atom. The number of ketones is 1. The van der Waals surface area contributed by atoms with E-state index < -0.39 is 11.2 Å². The highest BCUT2D eigenvalue weighted by molar-refractivity contribution is 7.90. The largest absolute Gasteiger partial charge is 0.612 e. The number of allylic oxidation sites excluding steroid dienone is 1. The number of carbonyl (C=O) groups is 1. The van der Waals surface area contributed by atoms with Crippen LogP contribution in [-0.2, 0) is 22.0 Å². The highest BCUT2D eigenvalue weighted by atomic mass is 32.2. The van der Waals surface area contributed by atoms with E-state index in [1.54, 1.807) is 12.3 Å². The normalized spacial score (nSPS) is 21.2. The van der Waals surface area contributed by atoms with Crippen LogP contribution in [0.4, 0.5) is 0 Å². The Labute approximate surface area is 165 Å². The zero-order chi connectivity index (χ0) is 20.0. The third kappa shape index (κ3) is 3.51. The van der Waals surface area contributed by atoms with E-state index in [4.69, 9.17) is 0 Å². The first-order chi connectivity index (χ1) is 12.5. The fourth-order valence-electron chi connectivity index (χ4n) is 4.20. The number of hydrogen-bond donors (Lipinski definition) is 0. The summed E-state index contributed by atoms with van der Waals surface area (Å²) in [6, 6.07) is 13.6. The second kappa shape index (κ2) is 6.96. The summed E-state index contributed by atoms with van der Waals surface area (Å²) in [6.07, 6.45) is 5.09. The average Bonchev–Trinajstić information content (AvgIpc) is 2.77. The molecular formula is C24H28O2S. The summed E-state index contributed by atoms with van der Waals surface area (Å²) in [6.45, 7) is 11.4. The lowest BCUT2D eigenvalue weighted by molar-refractivity contribution is 0.104. The monoisotopic (exact) mass is 380 g/mol. The van der Waals surface area contributed by atoms with Crippen LogP contribution in [-0.4, -0.2) is 16.6 Å². The Morgan fingerprint density at radius 2 is 1.59 bits per heavy atom. The fourth-order valence-corrected chi connectivity index (χ4v) is 4.72. The van der Waals surface area contributed by atoms with Crippen LogP contribution in [0.3, 0.4) is 0 Å². The van der Waals surface area contributed by atoms with Crippen molar-refractivity contribution < 1.29 is 9.35 Å². The number of fused-ring (bicyclic) bond motifs is 1. The first-order valence-electron chi connectivity index (χ1n) is 9.36. The molecule has 2 nitrogen and oxygen atoms in total. The minimum absolute atomic E-state index is 0.00843. The van der Waals surface area contributed by atoms with Crippen LogP contribution in [0, 0.1) is 5.92 Å². The van der Waals surface area contributed by atoms with Gasteiger partial charge in [-0.15, -0.1) is 0 Å². The van der Waals surface area contributed by atoms with Gasteiger partial charge in [-0.2, -0.15) is 0 Å². The van der Waals surface area contributed by atoms with Crippen LogP contribution in [0.1, 0.15) is 61.7 Å². The van der Waals surface area contributed by atoms with Gasteiger partial charge in [0.25, 0.3) is 0 Å². The summed E-state index contributed by atoms with van der Waals surface area (Å²) in [5.41, 5.74) is 4.45. The number of carbonyl (C=O) groups excluding carboxylic acids is 1. The van der Waals surface area contributed by atoms with E-state index in [9.17, 15) is 9.35 Å². The number of benzene rings is 2.